The summed E-state index contributed by atoms with van der Waals surface area (Å²) in [7, 11) is 9.09. The molecule has 1 saturated heterocycles. The molecule has 0 N–H and O–H groups in total. The van der Waals surface area contributed by atoms with E-state index < -0.39 is 27.5 Å². The molecular weight excluding hydrogens is 682 g/mol. The third kappa shape index (κ3) is 6.53. The van der Waals surface area contributed by atoms with E-state index in [1.54, 1.807) is 32.3 Å². The van der Waals surface area contributed by atoms with E-state index in [0.29, 0.717) is 53.6 Å². The Morgan fingerprint density at radius 3 is 2.26 bits per heavy atom. The lowest BCUT2D eigenvalue weighted by Gasteiger charge is -2.42. The SMILES string of the molecule is COc1ccc(S(=O)(=O)N2C(=O)[C@](c3cc(CN(C)CCN(C)C)ccc3OC)(N3CCCC3C(=O)N(C)C)c3cc(Cl)ccc32)c(OC)c1. The second-order valence-corrected chi connectivity index (χ2v) is 15.3. The summed E-state index contributed by atoms with van der Waals surface area (Å²) in [4.78, 5) is 36.9. The molecule has 2 aliphatic heterocycles. The van der Waals surface area contributed by atoms with Crippen LogP contribution in [0.4, 0.5) is 5.69 Å². The van der Waals surface area contributed by atoms with E-state index in [9.17, 15) is 13.2 Å². The lowest BCUT2D eigenvalue weighted by molar-refractivity contribution is -0.138. The Hall–Kier alpha value is -3.88. The summed E-state index contributed by atoms with van der Waals surface area (Å²) in [6.07, 6.45) is 1.07. The molecule has 14 heteroatoms. The van der Waals surface area contributed by atoms with Crippen molar-refractivity contribution in [2.75, 3.05) is 80.5 Å². The van der Waals surface area contributed by atoms with Crippen molar-refractivity contribution in [1.82, 2.24) is 19.6 Å². The Morgan fingerprint density at radius 1 is 0.900 bits per heavy atom. The molecule has 0 saturated carbocycles. The first-order chi connectivity index (χ1) is 23.7. The summed E-state index contributed by atoms with van der Waals surface area (Å²) in [5.74, 6) is -0.216. The third-order valence-electron chi connectivity index (χ3n) is 9.39. The Bertz CT molecular complexity index is 1870. The van der Waals surface area contributed by atoms with E-state index >= 15 is 4.79 Å². The highest BCUT2D eigenvalue weighted by molar-refractivity contribution is 7.93. The second-order valence-electron chi connectivity index (χ2n) is 13.1. The first-order valence-electron chi connectivity index (χ1n) is 16.3. The number of carbonyl (C=O) groups is 2. The van der Waals surface area contributed by atoms with E-state index in [1.165, 1.54) is 50.5 Å². The smallest absolute Gasteiger partial charge is 0.274 e. The maximum absolute atomic E-state index is 15.6. The van der Waals surface area contributed by atoms with Crippen LogP contribution >= 0.6 is 11.6 Å². The van der Waals surface area contributed by atoms with Gasteiger partial charge in [-0.25, -0.2) is 12.7 Å². The molecule has 2 amide bonds. The molecule has 5 rings (SSSR count). The lowest BCUT2D eigenvalue weighted by Crippen LogP contribution is -2.59. The highest BCUT2D eigenvalue weighted by atomic mass is 35.5. The monoisotopic (exact) mass is 727 g/mol. The van der Waals surface area contributed by atoms with Crippen LogP contribution < -0.4 is 18.5 Å². The zero-order chi connectivity index (χ0) is 36.5. The molecule has 2 atom stereocenters. The van der Waals surface area contributed by atoms with Gasteiger partial charge in [-0.15, -0.1) is 0 Å². The van der Waals surface area contributed by atoms with Crippen LogP contribution in [0.2, 0.25) is 5.02 Å². The van der Waals surface area contributed by atoms with Crippen molar-refractivity contribution in [1.29, 1.82) is 0 Å². The minimum Gasteiger partial charge on any atom is -0.497 e. The number of anilines is 1. The molecule has 3 aromatic rings. The summed E-state index contributed by atoms with van der Waals surface area (Å²) >= 11 is 6.69. The fraction of sp³-hybridized carbons (Fsp3) is 0.444. The van der Waals surface area contributed by atoms with Crippen molar-refractivity contribution < 1.29 is 32.2 Å². The zero-order valence-electron chi connectivity index (χ0n) is 29.9. The van der Waals surface area contributed by atoms with Gasteiger partial charge in [0, 0.05) is 62.5 Å². The molecule has 0 aromatic heterocycles. The minimum atomic E-state index is -4.62. The number of likely N-dealkylation sites (N-methyl/N-ethyl adjacent to an activating group) is 3. The van der Waals surface area contributed by atoms with E-state index in [2.05, 4.69) is 9.80 Å². The standard InChI is InChI=1S/C36H46ClN5O7S/c1-38(2)18-19-40(5)23-24-11-15-31(48-7)28(20-24)36(41-17-9-10-30(41)34(43)39(3)4)27-21-25(37)12-14-29(27)42(35(36)44)50(45,46)33-16-13-26(47-6)22-32(33)49-8/h11-16,20-22,30H,9-10,17-19,23H2,1-8H3/t30?,36-/m0/s1. The number of fused-ring (bicyclic) bond motifs is 1. The van der Waals surface area contributed by atoms with Crippen LogP contribution in [0.1, 0.15) is 29.5 Å². The number of carbonyl (C=O) groups excluding carboxylic acids is 2. The largest absolute Gasteiger partial charge is 0.497 e. The van der Waals surface area contributed by atoms with Gasteiger partial charge in [0.2, 0.25) is 5.91 Å². The van der Waals surface area contributed by atoms with Gasteiger partial charge >= 0.3 is 0 Å². The molecule has 3 aromatic carbocycles. The fourth-order valence-corrected chi connectivity index (χ4v) is 8.76. The van der Waals surface area contributed by atoms with Crippen LogP contribution in [0.15, 0.2) is 59.5 Å². The van der Waals surface area contributed by atoms with E-state index in [1.807, 2.05) is 38.2 Å². The van der Waals surface area contributed by atoms with Gasteiger partial charge in [0.05, 0.1) is 33.1 Å². The van der Waals surface area contributed by atoms with Crippen molar-refractivity contribution in [2.24, 2.45) is 0 Å². The Balaban J connectivity index is 1.82. The number of nitrogens with zero attached hydrogens (tertiary/aromatic N) is 5. The lowest BCUT2D eigenvalue weighted by atomic mass is 9.80. The third-order valence-corrected chi connectivity index (χ3v) is 11.4. The van der Waals surface area contributed by atoms with E-state index in [4.69, 9.17) is 25.8 Å². The average Bonchev–Trinajstić information content (AvgIpc) is 3.67. The second kappa shape index (κ2) is 14.8. The molecule has 0 bridgehead atoms. The Labute approximate surface area is 300 Å². The number of rotatable bonds is 13. The number of methoxy groups -OCH3 is 3. The van der Waals surface area contributed by atoms with Crippen LogP contribution in [0, 0.1) is 0 Å². The van der Waals surface area contributed by atoms with Crippen LogP contribution in [0.3, 0.4) is 0 Å². The average molecular weight is 728 g/mol. The number of benzene rings is 3. The van der Waals surface area contributed by atoms with Crippen molar-refractivity contribution in [3.05, 3.63) is 76.3 Å². The number of amides is 2. The van der Waals surface area contributed by atoms with Gasteiger partial charge < -0.3 is 28.9 Å². The van der Waals surface area contributed by atoms with Gasteiger partial charge in [-0.2, -0.15) is 0 Å². The molecule has 0 radical (unpaired) electrons. The first-order valence-corrected chi connectivity index (χ1v) is 18.1. The number of sulfonamides is 1. The molecule has 1 unspecified atom stereocenters. The predicted octanol–water partition coefficient (Wildman–Crippen LogP) is 3.89. The predicted molar refractivity (Wildman–Crippen MR) is 193 cm³/mol. The van der Waals surface area contributed by atoms with Gasteiger partial charge in [0.1, 0.15) is 22.1 Å². The van der Waals surface area contributed by atoms with Gasteiger partial charge in [-0.1, -0.05) is 17.7 Å². The molecule has 2 heterocycles. The summed E-state index contributed by atoms with van der Waals surface area (Å²) < 4.78 is 47.3. The molecule has 50 heavy (non-hydrogen) atoms. The number of hydrogen-bond acceptors (Lipinski definition) is 10. The quantitative estimate of drug-likeness (QED) is 0.257. The normalized spacial score (nSPS) is 19.3. The Morgan fingerprint density at radius 2 is 1.62 bits per heavy atom. The van der Waals surface area contributed by atoms with Crippen molar-refractivity contribution in [2.45, 2.75) is 35.9 Å². The summed E-state index contributed by atoms with van der Waals surface area (Å²) in [6.45, 7) is 2.51. The number of ether oxygens (including phenoxy) is 3. The van der Waals surface area contributed by atoms with Crippen LogP contribution in [-0.4, -0.2) is 122 Å². The zero-order valence-corrected chi connectivity index (χ0v) is 31.5. The molecule has 2 aliphatic rings. The van der Waals surface area contributed by atoms with Gasteiger partial charge in [0.25, 0.3) is 15.9 Å². The highest BCUT2D eigenvalue weighted by Gasteiger charge is 2.63. The van der Waals surface area contributed by atoms with Gasteiger partial charge in [0.15, 0.2) is 5.54 Å². The van der Waals surface area contributed by atoms with Crippen LogP contribution in [0.5, 0.6) is 17.2 Å². The molecule has 270 valence electrons. The number of likely N-dealkylation sites (tertiary alicyclic amines) is 1. The van der Waals surface area contributed by atoms with Crippen LogP contribution in [0.25, 0.3) is 0 Å². The van der Waals surface area contributed by atoms with E-state index in [0.717, 1.165) is 23.0 Å². The summed E-state index contributed by atoms with van der Waals surface area (Å²) in [5.41, 5.74) is -0.0594. The number of halogens is 1. The Kier molecular flexibility index (Phi) is 11.0. The summed E-state index contributed by atoms with van der Waals surface area (Å²) in [5, 5.41) is 0.301. The maximum atomic E-state index is 15.6. The molecule has 1 fully saturated rings. The van der Waals surface area contributed by atoms with Crippen molar-refractivity contribution in [3.8, 4) is 17.2 Å². The van der Waals surface area contributed by atoms with Crippen molar-refractivity contribution in [3.63, 3.8) is 0 Å². The van der Waals surface area contributed by atoms with Gasteiger partial charge in [-0.05, 0) is 82.0 Å². The minimum absolute atomic E-state index is 0.00679. The molecule has 0 aliphatic carbocycles. The molecular formula is C36H46ClN5O7S. The maximum Gasteiger partial charge on any atom is 0.274 e. The van der Waals surface area contributed by atoms with Gasteiger partial charge in [-0.3, -0.25) is 14.5 Å². The van der Waals surface area contributed by atoms with Crippen LogP contribution in [-0.2, 0) is 31.7 Å². The van der Waals surface area contributed by atoms with E-state index in [-0.39, 0.29) is 22.2 Å². The molecule has 0 spiro atoms. The summed E-state index contributed by atoms with van der Waals surface area (Å²) in [6, 6.07) is 13.9. The topological polar surface area (TPSA) is 112 Å². The van der Waals surface area contributed by atoms with Crippen molar-refractivity contribution >= 4 is 39.1 Å². The number of hydrogen-bond donors (Lipinski definition) is 0. The molecule has 12 nitrogen and oxygen atoms in total. The fourth-order valence-electron chi connectivity index (χ4n) is 6.98. The first kappa shape index (κ1) is 37.4. The highest BCUT2D eigenvalue weighted by Crippen LogP contribution is 2.55.